The monoisotopic (exact) mass is 163 g/mol. The number of fused-ring (bicyclic) bond motifs is 1. The van der Waals surface area contributed by atoms with Gasteiger partial charge >= 0.3 is 0 Å². The lowest BCUT2D eigenvalue weighted by atomic mass is 10.3. The molecule has 0 saturated carbocycles. The van der Waals surface area contributed by atoms with Crippen LogP contribution in [0.15, 0.2) is 6.07 Å². The highest BCUT2D eigenvalue weighted by Crippen LogP contribution is 2.09. The van der Waals surface area contributed by atoms with E-state index in [2.05, 4.69) is 15.3 Å². The Bertz CT molecular complexity index is 431. The fourth-order valence-corrected chi connectivity index (χ4v) is 1.04. The van der Waals surface area contributed by atoms with Gasteiger partial charge in [-0.1, -0.05) is 0 Å². The van der Waals surface area contributed by atoms with E-state index in [0.29, 0.717) is 11.3 Å². The van der Waals surface area contributed by atoms with Gasteiger partial charge in [-0.25, -0.2) is 0 Å². The van der Waals surface area contributed by atoms with Crippen LogP contribution in [0, 0.1) is 13.8 Å². The smallest absolute Gasteiger partial charge is 0.179 e. The Labute approximate surface area is 69.2 Å². The van der Waals surface area contributed by atoms with Crippen LogP contribution in [0.25, 0.3) is 5.65 Å². The Morgan fingerprint density at radius 1 is 1.33 bits per heavy atom. The zero-order valence-corrected chi connectivity index (χ0v) is 6.94. The predicted molar refractivity (Wildman–Crippen MR) is 44.7 cm³/mol. The standard InChI is InChI=1S/C7H9N5/c1-4-6(8)3-7-10-9-5(2)12(7)11-4/h3H,8H2,1-2H3. The van der Waals surface area contributed by atoms with Crippen LogP contribution in [0.3, 0.4) is 0 Å². The van der Waals surface area contributed by atoms with E-state index in [9.17, 15) is 0 Å². The number of nitrogens with zero attached hydrogens (tertiary/aromatic N) is 4. The van der Waals surface area contributed by atoms with Gasteiger partial charge in [0.1, 0.15) is 0 Å². The van der Waals surface area contributed by atoms with Crippen LogP contribution in [-0.4, -0.2) is 19.8 Å². The van der Waals surface area contributed by atoms with Crippen molar-refractivity contribution in [1.82, 2.24) is 19.8 Å². The summed E-state index contributed by atoms with van der Waals surface area (Å²) >= 11 is 0. The third-order valence-corrected chi connectivity index (χ3v) is 1.77. The molecule has 0 amide bonds. The van der Waals surface area contributed by atoms with E-state index in [1.165, 1.54) is 0 Å². The molecule has 0 atom stereocenters. The largest absolute Gasteiger partial charge is 0.397 e. The molecule has 0 aromatic carbocycles. The zero-order chi connectivity index (χ0) is 8.72. The molecule has 0 unspecified atom stereocenters. The molecule has 5 nitrogen and oxygen atoms in total. The molecule has 62 valence electrons. The van der Waals surface area contributed by atoms with Gasteiger partial charge < -0.3 is 5.73 Å². The van der Waals surface area contributed by atoms with Crippen molar-refractivity contribution < 1.29 is 0 Å². The van der Waals surface area contributed by atoms with Crippen LogP contribution >= 0.6 is 0 Å². The second-order valence-corrected chi connectivity index (χ2v) is 2.70. The Hall–Kier alpha value is -1.65. The fraction of sp³-hybridized carbons (Fsp3) is 0.286. The number of aryl methyl sites for hydroxylation is 2. The lowest BCUT2D eigenvalue weighted by Gasteiger charge is -1.98. The van der Waals surface area contributed by atoms with Crippen molar-refractivity contribution in [3.05, 3.63) is 17.6 Å². The summed E-state index contributed by atoms with van der Waals surface area (Å²) in [6, 6.07) is 1.77. The van der Waals surface area contributed by atoms with Crippen molar-refractivity contribution in [2.45, 2.75) is 13.8 Å². The Morgan fingerprint density at radius 3 is 2.83 bits per heavy atom. The normalized spacial score (nSPS) is 10.8. The van der Waals surface area contributed by atoms with Gasteiger partial charge in [0, 0.05) is 6.07 Å². The lowest BCUT2D eigenvalue weighted by Crippen LogP contribution is -2.00. The molecule has 2 N–H and O–H groups in total. The lowest BCUT2D eigenvalue weighted by molar-refractivity contribution is 0.853. The van der Waals surface area contributed by atoms with Crippen molar-refractivity contribution in [3.8, 4) is 0 Å². The van der Waals surface area contributed by atoms with Crippen molar-refractivity contribution in [1.29, 1.82) is 0 Å². The first-order valence-corrected chi connectivity index (χ1v) is 3.63. The van der Waals surface area contributed by atoms with Crippen molar-refractivity contribution in [2.75, 3.05) is 5.73 Å². The maximum Gasteiger partial charge on any atom is 0.179 e. The van der Waals surface area contributed by atoms with E-state index >= 15 is 0 Å². The second-order valence-electron chi connectivity index (χ2n) is 2.70. The maximum absolute atomic E-state index is 5.65. The summed E-state index contributed by atoms with van der Waals surface area (Å²) in [4.78, 5) is 0. The average Bonchev–Trinajstić information content (AvgIpc) is 2.35. The topological polar surface area (TPSA) is 69.1 Å². The molecule has 0 aliphatic rings. The molecule has 2 rings (SSSR count). The quantitative estimate of drug-likeness (QED) is 0.607. The number of nitrogens with two attached hydrogens (primary N) is 1. The molecule has 2 aromatic rings. The molecule has 0 saturated heterocycles. The number of hydrogen-bond donors (Lipinski definition) is 1. The Morgan fingerprint density at radius 2 is 2.08 bits per heavy atom. The fourth-order valence-electron chi connectivity index (χ4n) is 1.04. The van der Waals surface area contributed by atoms with Crippen molar-refractivity contribution >= 4 is 11.3 Å². The van der Waals surface area contributed by atoms with Gasteiger partial charge in [0.2, 0.25) is 0 Å². The van der Waals surface area contributed by atoms with Gasteiger partial charge in [0.25, 0.3) is 0 Å². The van der Waals surface area contributed by atoms with Crippen LogP contribution < -0.4 is 5.73 Å². The molecule has 0 aliphatic heterocycles. The third kappa shape index (κ3) is 0.827. The van der Waals surface area contributed by atoms with Crippen molar-refractivity contribution in [3.63, 3.8) is 0 Å². The van der Waals surface area contributed by atoms with Gasteiger partial charge in [0.05, 0.1) is 11.4 Å². The SMILES string of the molecule is Cc1nn2c(C)nnc2cc1N. The molecule has 0 radical (unpaired) electrons. The molecular weight excluding hydrogens is 154 g/mol. The van der Waals surface area contributed by atoms with E-state index in [0.717, 1.165) is 11.5 Å². The average molecular weight is 163 g/mol. The van der Waals surface area contributed by atoms with E-state index in [4.69, 9.17) is 5.73 Å². The molecule has 0 bridgehead atoms. The van der Waals surface area contributed by atoms with Crippen LogP contribution in [-0.2, 0) is 0 Å². The van der Waals surface area contributed by atoms with Gasteiger partial charge in [-0.2, -0.15) is 9.61 Å². The highest BCUT2D eigenvalue weighted by Gasteiger charge is 2.03. The first-order chi connectivity index (χ1) is 5.68. The molecule has 5 heteroatoms. The summed E-state index contributed by atoms with van der Waals surface area (Å²) in [5, 5.41) is 12.0. The minimum absolute atomic E-state index is 0.648. The number of nitrogen functional groups attached to an aromatic ring is 1. The number of rotatable bonds is 0. The summed E-state index contributed by atoms with van der Waals surface area (Å²) in [6.45, 7) is 3.71. The molecule has 2 aromatic heterocycles. The third-order valence-electron chi connectivity index (χ3n) is 1.77. The molecule has 0 spiro atoms. The van der Waals surface area contributed by atoms with Crippen LogP contribution in [0.4, 0.5) is 5.69 Å². The minimum Gasteiger partial charge on any atom is -0.397 e. The zero-order valence-electron chi connectivity index (χ0n) is 6.94. The van der Waals surface area contributed by atoms with Crippen LogP contribution in [0.1, 0.15) is 11.5 Å². The van der Waals surface area contributed by atoms with E-state index in [-0.39, 0.29) is 0 Å². The predicted octanol–water partition coefficient (Wildman–Crippen LogP) is 0.323. The van der Waals surface area contributed by atoms with Crippen molar-refractivity contribution in [2.24, 2.45) is 0 Å². The van der Waals surface area contributed by atoms with E-state index < -0.39 is 0 Å². The van der Waals surface area contributed by atoms with Gasteiger partial charge in [-0.05, 0) is 13.8 Å². The Kier molecular flexibility index (Phi) is 1.27. The maximum atomic E-state index is 5.65. The van der Waals surface area contributed by atoms with Gasteiger partial charge in [0.15, 0.2) is 11.5 Å². The van der Waals surface area contributed by atoms with Crippen LogP contribution in [0.2, 0.25) is 0 Å². The van der Waals surface area contributed by atoms with E-state index in [1.54, 1.807) is 10.6 Å². The second kappa shape index (κ2) is 2.17. The number of hydrogen-bond acceptors (Lipinski definition) is 4. The summed E-state index contributed by atoms with van der Waals surface area (Å²) < 4.78 is 1.67. The summed E-state index contributed by atoms with van der Waals surface area (Å²) in [7, 11) is 0. The molecule has 0 fully saturated rings. The Balaban J connectivity index is 2.87. The van der Waals surface area contributed by atoms with E-state index in [1.807, 2.05) is 13.8 Å². The molecule has 2 heterocycles. The van der Waals surface area contributed by atoms with Gasteiger partial charge in [-0.3, -0.25) is 0 Å². The minimum atomic E-state index is 0.648. The van der Waals surface area contributed by atoms with Gasteiger partial charge in [-0.15, -0.1) is 10.2 Å². The number of anilines is 1. The van der Waals surface area contributed by atoms with Crippen LogP contribution in [0.5, 0.6) is 0 Å². The molecule has 0 aliphatic carbocycles. The summed E-state index contributed by atoms with van der Waals surface area (Å²) in [5.41, 5.74) is 7.79. The number of aromatic nitrogens is 4. The molecular formula is C7H9N5. The molecule has 12 heavy (non-hydrogen) atoms. The highest BCUT2D eigenvalue weighted by atomic mass is 15.4. The first kappa shape index (κ1) is 7.02. The highest BCUT2D eigenvalue weighted by molar-refractivity contribution is 5.52. The summed E-state index contributed by atoms with van der Waals surface area (Å²) in [5.74, 6) is 0.771. The summed E-state index contributed by atoms with van der Waals surface area (Å²) in [6.07, 6.45) is 0. The first-order valence-electron chi connectivity index (χ1n) is 3.63.